The summed E-state index contributed by atoms with van der Waals surface area (Å²) in [6, 6.07) is 6.32. The van der Waals surface area contributed by atoms with Crippen LogP contribution in [0.3, 0.4) is 0 Å². The van der Waals surface area contributed by atoms with E-state index < -0.39 is 15.9 Å². The highest BCUT2D eigenvalue weighted by molar-refractivity contribution is 7.89. The molecular formula is C15H17N3O4S2. The zero-order valence-corrected chi connectivity index (χ0v) is 15.0. The quantitative estimate of drug-likeness (QED) is 0.850. The van der Waals surface area contributed by atoms with Gasteiger partial charge < -0.3 is 10.4 Å². The van der Waals surface area contributed by atoms with Crippen LogP contribution in [0.2, 0.25) is 0 Å². The Hall–Kier alpha value is -2.39. The van der Waals surface area contributed by atoms with Crippen LogP contribution >= 0.6 is 11.3 Å². The highest BCUT2D eigenvalue weighted by Gasteiger charge is 2.38. The minimum atomic E-state index is -3.85. The molecule has 0 spiro atoms. The summed E-state index contributed by atoms with van der Waals surface area (Å²) in [6.07, 6.45) is 1.49. The maximum Gasteiger partial charge on any atom is 0.278 e. The van der Waals surface area contributed by atoms with Crippen LogP contribution in [0.4, 0.5) is 5.82 Å². The highest BCUT2D eigenvalue weighted by Crippen LogP contribution is 2.38. The number of nitrogens with zero attached hydrogens (tertiary/aromatic N) is 2. The van der Waals surface area contributed by atoms with E-state index in [1.165, 1.54) is 19.3 Å². The molecule has 24 heavy (non-hydrogen) atoms. The lowest BCUT2D eigenvalue weighted by Gasteiger charge is -2.26. The summed E-state index contributed by atoms with van der Waals surface area (Å²) in [5.74, 6) is -0.854. The van der Waals surface area contributed by atoms with Gasteiger partial charge in [-0.15, -0.1) is 11.3 Å². The first-order valence-electron chi connectivity index (χ1n) is 7.15. The fraction of sp³-hybridized carbons (Fsp3) is 0.200. The molecule has 1 amide bonds. The largest absolute Gasteiger partial charge is 0.504 e. The van der Waals surface area contributed by atoms with Gasteiger partial charge in [-0.3, -0.25) is 9.10 Å². The second-order valence-corrected chi connectivity index (χ2v) is 7.31. The van der Waals surface area contributed by atoms with Crippen LogP contribution in [0.1, 0.15) is 18.7 Å². The van der Waals surface area contributed by atoms with Crippen molar-refractivity contribution in [3.05, 3.63) is 46.4 Å². The van der Waals surface area contributed by atoms with Gasteiger partial charge in [-0.2, -0.15) is 0 Å². The zero-order valence-electron chi connectivity index (χ0n) is 13.3. The number of aromatic nitrogens is 1. The molecule has 1 aliphatic heterocycles. The fourth-order valence-electron chi connectivity index (χ4n) is 2.06. The molecule has 2 aromatic rings. The Kier molecular flexibility index (Phi) is 5.25. The van der Waals surface area contributed by atoms with Gasteiger partial charge in [0.05, 0.1) is 4.88 Å². The predicted molar refractivity (Wildman–Crippen MR) is 93.0 cm³/mol. The first-order chi connectivity index (χ1) is 11.4. The van der Waals surface area contributed by atoms with Crippen molar-refractivity contribution in [2.45, 2.75) is 18.7 Å². The second kappa shape index (κ2) is 7.02. The van der Waals surface area contributed by atoms with Gasteiger partial charge in [-0.1, -0.05) is 19.9 Å². The Morgan fingerprint density at radius 3 is 2.62 bits per heavy atom. The molecule has 0 aromatic carbocycles. The average Bonchev–Trinajstić information content (AvgIpc) is 3.07. The van der Waals surface area contributed by atoms with Crippen LogP contribution in [-0.2, 0) is 14.8 Å². The Morgan fingerprint density at radius 2 is 2.00 bits per heavy atom. The lowest BCUT2D eigenvalue weighted by atomic mass is 10.3. The zero-order chi connectivity index (χ0) is 17.9. The number of thiophene rings is 1. The first-order valence-corrected chi connectivity index (χ1v) is 9.47. The smallest absolute Gasteiger partial charge is 0.278 e. The van der Waals surface area contributed by atoms with Crippen LogP contribution in [0.25, 0.3) is 5.76 Å². The van der Waals surface area contributed by atoms with Crippen molar-refractivity contribution in [2.75, 3.05) is 12.4 Å². The molecule has 128 valence electrons. The third kappa shape index (κ3) is 3.00. The fourth-order valence-corrected chi connectivity index (χ4v) is 4.62. The van der Waals surface area contributed by atoms with E-state index in [-0.39, 0.29) is 27.0 Å². The van der Waals surface area contributed by atoms with E-state index in [1.807, 2.05) is 13.8 Å². The summed E-state index contributed by atoms with van der Waals surface area (Å²) in [6.45, 7) is 4.00. The summed E-state index contributed by atoms with van der Waals surface area (Å²) in [5.41, 5.74) is -0.333. The normalized spacial score (nSPS) is 15.2. The standard InChI is InChI=1S/C13H11N3O4S2.C2H6/c1-16-10(13(18)15-9-4-2-3-6-14-9)11(17)12-8(5-7-21-12)22(16,19)20;1-2/h2-7,17H,1H3,(H,14,15,18);1-2H3. The number of likely N-dealkylation sites (N-methyl/N-ethyl adjacent to an activating group) is 1. The Labute approximate surface area is 144 Å². The van der Waals surface area contributed by atoms with Gasteiger partial charge in [0, 0.05) is 13.2 Å². The van der Waals surface area contributed by atoms with Gasteiger partial charge in [-0.05, 0) is 23.6 Å². The molecule has 0 aliphatic carbocycles. The van der Waals surface area contributed by atoms with E-state index in [1.54, 1.807) is 23.6 Å². The van der Waals surface area contributed by atoms with Gasteiger partial charge >= 0.3 is 0 Å². The average molecular weight is 367 g/mol. The van der Waals surface area contributed by atoms with E-state index in [2.05, 4.69) is 10.3 Å². The van der Waals surface area contributed by atoms with E-state index in [9.17, 15) is 18.3 Å². The third-order valence-electron chi connectivity index (χ3n) is 3.14. The molecule has 2 aromatic heterocycles. The summed E-state index contributed by atoms with van der Waals surface area (Å²) >= 11 is 1.06. The monoisotopic (exact) mass is 367 g/mol. The number of nitrogens with one attached hydrogen (secondary N) is 1. The predicted octanol–water partition coefficient (Wildman–Crippen LogP) is 2.67. The van der Waals surface area contributed by atoms with Crippen molar-refractivity contribution >= 4 is 38.8 Å². The number of fused-ring (bicyclic) bond motifs is 1. The summed E-state index contributed by atoms with van der Waals surface area (Å²) in [4.78, 5) is 16.4. The highest BCUT2D eigenvalue weighted by atomic mass is 32.2. The first kappa shape index (κ1) is 18.0. The Bertz CT molecular complexity index is 873. The topological polar surface area (TPSA) is 99.6 Å². The lowest BCUT2D eigenvalue weighted by Crippen LogP contribution is -2.36. The molecule has 9 heteroatoms. The van der Waals surface area contributed by atoms with E-state index in [4.69, 9.17) is 0 Å². The molecule has 0 radical (unpaired) electrons. The minimum Gasteiger partial charge on any atom is -0.504 e. The molecule has 1 aliphatic rings. The number of aliphatic hydroxyl groups is 1. The van der Waals surface area contributed by atoms with Crippen LogP contribution < -0.4 is 5.32 Å². The summed E-state index contributed by atoms with van der Waals surface area (Å²) in [5, 5.41) is 14.3. The van der Waals surface area contributed by atoms with Gasteiger partial charge in [0.1, 0.15) is 10.7 Å². The molecule has 0 unspecified atom stereocenters. The lowest BCUT2D eigenvalue weighted by molar-refractivity contribution is -0.113. The molecule has 3 heterocycles. The molecule has 0 atom stereocenters. The number of amides is 1. The molecular weight excluding hydrogens is 350 g/mol. The number of hydrogen-bond donors (Lipinski definition) is 2. The Morgan fingerprint density at radius 1 is 1.29 bits per heavy atom. The number of hydrogen-bond acceptors (Lipinski definition) is 6. The number of sulfonamides is 1. The van der Waals surface area contributed by atoms with Crippen molar-refractivity contribution in [3.8, 4) is 0 Å². The number of rotatable bonds is 2. The Balaban J connectivity index is 0.00000100. The van der Waals surface area contributed by atoms with E-state index in [0.717, 1.165) is 15.6 Å². The van der Waals surface area contributed by atoms with Crippen molar-refractivity contribution < 1.29 is 18.3 Å². The van der Waals surface area contributed by atoms with Crippen LogP contribution in [0.15, 0.2) is 46.4 Å². The molecule has 3 rings (SSSR count). The SMILES string of the molecule is CC.CN1C(C(=O)Nc2ccccn2)=C(O)c2sccc2S1(=O)=O. The van der Waals surface area contributed by atoms with Crippen LogP contribution in [-0.4, -0.2) is 35.8 Å². The number of carbonyl (C=O) groups excluding carboxylic acids is 1. The summed E-state index contributed by atoms with van der Waals surface area (Å²) < 4.78 is 25.5. The van der Waals surface area contributed by atoms with Crippen molar-refractivity contribution in [1.82, 2.24) is 9.29 Å². The van der Waals surface area contributed by atoms with Gasteiger partial charge in [-0.25, -0.2) is 13.4 Å². The van der Waals surface area contributed by atoms with Gasteiger partial charge in [0.2, 0.25) is 0 Å². The summed E-state index contributed by atoms with van der Waals surface area (Å²) in [7, 11) is -2.63. The number of anilines is 1. The molecule has 0 saturated heterocycles. The van der Waals surface area contributed by atoms with Crippen molar-refractivity contribution in [3.63, 3.8) is 0 Å². The minimum absolute atomic E-state index is 0.00751. The number of pyridine rings is 1. The van der Waals surface area contributed by atoms with Gasteiger partial charge in [0.15, 0.2) is 11.5 Å². The maximum absolute atomic E-state index is 12.4. The van der Waals surface area contributed by atoms with E-state index >= 15 is 0 Å². The third-order valence-corrected chi connectivity index (χ3v) is 5.99. The van der Waals surface area contributed by atoms with Crippen molar-refractivity contribution in [2.24, 2.45) is 0 Å². The molecule has 0 saturated carbocycles. The van der Waals surface area contributed by atoms with Gasteiger partial charge in [0.25, 0.3) is 15.9 Å². The van der Waals surface area contributed by atoms with Crippen molar-refractivity contribution in [1.29, 1.82) is 0 Å². The molecule has 0 fully saturated rings. The van der Waals surface area contributed by atoms with E-state index in [0.29, 0.717) is 0 Å². The number of aliphatic hydroxyl groups excluding tert-OH is 1. The second-order valence-electron chi connectivity index (χ2n) is 4.45. The molecule has 0 bridgehead atoms. The van der Waals surface area contributed by atoms with Crippen LogP contribution in [0, 0.1) is 0 Å². The number of carbonyl (C=O) groups is 1. The van der Waals surface area contributed by atoms with Crippen LogP contribution in [0.5, 0.6) is 0 Å². The molecule has 7 nitrogen and oxygen atoms in total. The maximum atomic E-state index is 12.4. The molecule has 2 N–H and O–H groups in total.